The zero-order valence-corrected chi connectivity index (χ0v) is 11.0. The summed E-state index contributed by atoms with van der Waals surface area (Å²) in [4.78, 5) is 24.5. The van der Waals surface area contributed by atoms with Crippen LogP contribution < -0.4 is 5.32 Å². The Morgan fingerprint density at radius 3 is 3.00 bits per heavy atom. The Morgan fingerprint density at radius 1 is 1.45 bits per heavy atom. The SMILES string of the molecule is Cc1nc([C@@H](C)NC(=O)c2cn3cccnc3n2)n[nH]1. The number of aromatic nitrogens is 6. The quantitative estimate of drug-likeness (QED) is 0.728. The summed E-state index contributed by atoms with van der Waals surface area (Å²) in [5, 5.41) is 9.56. The number of carbonyl (C=O) groups excluding carboxylic acids is 1. The Kier molecular flexibility index (Phi) is 2.90. The molecule has 2 N–H and O–H groups in total. The van der Waals surface area contributed by atoms with Crippen molar-refractivity contribution < 1.29 is 4.79 Å². The summed E-state index contributed by atoms with van der Waals surface area (Å²) < 4.78 is 1.69. The van der Waals surface area contributed by atoms with Crippen molar-refractivity contribution in [3.05, 3.63) is 42.0 Å². The van der Waals surface area contributed by atoms with Crippen molar-refractivity contribution in [1.82, 2.24) is 34.9 Å². The number of hydrogen-bond acceptors (Lipinski definition) is 5. The van der Waals surface area contributed by atoms with Crippen molar-refractivity contribution in [2.24, 2.45) is 0 Å². The molecule has 102 valence electrons. The van der Waals surface area contributed by atoms with Crippen LogP contribution in [0.25, 0.3) is 5.78 Å². The second-order valence-electron chi connectivity index (χ2n) is 4.43. The summed E-state index contributed by atoms with van der Waals surface area (Å²) in [5.41, 5.74) is 0.308. The standard InChI is InChI=1S/C12H13N7O/c1-7(10-15-8(2)17-18-10)14-11(20)9-6-19-5-3-4-13-12(19)16-9/h3-7H,1-2H3,(H,14,20)(H,15,17,18)/t7-/m1/s1. The van der Waals surface area contributed by atoms with Gasteiger partial charge in [0.1, 0.15) is 11.5 Å². The Labute approximate surface area is 114 Å². The van der Waals surface area contributed by atoms with Crippen LogP contribution in [0.2, 0.25) is 0 Å². The lowest BCUT2D eigenvalue weighted by Crippen LogP contribution is -2.27. The molecule has 1 amide bonds. The summed E-state index contributed by atoms with van der Waals surface area (Å²) >= 11 is 0. The molecule has 3 rings (SSSR count). The first-order chi connectivity index (χ1) is 9.63. The van der Waals surface area contributed by atoms with Crippen molar-refractivity contribution in [3.63, 3.8) is 0 Å². The third-order valence-electron chi connectivity index (χ3n) is 2.82. The van der Waals surface area contributed by atoms with E-state index >= 15 is 0 Å². The van der Waals surface area contributed by atoms with Crippen molar-refractivity contribution >= 4 is 11.7 Å². The number of rotatable bonds is 3. The van der Waals surface area contributed by atoms with Gasteiger partial charge in [-0.2, -0.15) is 5.10 Å². The number of H-pyrrole nitrogens is 1. The van der Waals surface area contributed by atoms with Crippen molar-refractivity contribution in [2.75, 3.05) is 0 Å². The Morgan fingerprint density at radius 2 is 2.30 bits per heavy atom. The maximum absolute atomic E-state index is 12.1. The molecule has 0 saturated heterocycles. The molecular formula is C12H13N7O. The second-order valence-corrected chi connectivity index (χ2v) is 4.43. The predicted octanol–water partition coefficient (Wildman–Crippen LogP) is 0.647. The lowest BCUT2D eigenvalue weighted by Gasteiger charge is -2.08. The van der Waals surface area contributed by atoms with Gasteiger partial charge in [-0.15, -0.1) is 0 Å². The number of amides is 1. The fourth-order valence-corrected chi connectivity index (χ4v) is 1.83. The van der Waals surface area contributed by atoms with Crippen LogP contribution in [-0.4, -0.2) is 35.5 Å². The van der Waals surface area contributed by atoms with E-state index in [1.54, 1.807) is 36.0 Å². The highest BCUT2D eigenvalue weighted by atomic mass is 16.2. The number of nitrogens with one attached hydrogen (secondary N) is 2. The Balaban J connectivity index is 1.78. The molecule has 0 aliphatic carbocycles. The van der Waals surface area contributed by atoms with Gasteiger partial charge in [0, 0.05) is 18.6 Å². The van der Waals surface area contributed by atoms with Gasteiger partial charge >= 0.3 is 0 Å². The molecule has 0 radical (unpaired) electrons. The average molecular weight is 271 g/mol. The van der Waals surface area contributed by atoms with Gasteiger partial charge in [0.2, 0.25) is 5.78 Å². The lowest BCUT2D eigenvalue weighted by atomic mass is 10.3. The minimum Gasteiger partial charge on any atom is -0.341 e. The van der Waals surface area contributed by atoms with Gasteiger partial charge in [-0.25, -0.2) is 15.0 Å². The molecule has 0 bridgehead atoms. The third kappa shape index (κ3) is 2.22. The molecule has 8 nitrogen and oxygen atoms in total. The molecule has 3 aromatic heterocycles. The Bertz CT molecular complexity index is 727. The first-order valence-electron chi connectivity index (χ1n) is 6.13. The molecule has 0 saturated carbocycles. The number of nitrogens with zero attached hydrogens (tertiary/aromatic N) is 5. The van der Waals surface area contributed by atoms with E-state index in [2.05, 4.69) is 30.5 Å². The van der Waals surface area contributed by atoms with Crippen LogP contribution in [0.15, 0.2) is 24.7 Å². The van der Waals surface area contributed by atoms with Crippen LogP contribution in [0, 0.1) is 6.92 Å². The molecule has 3 heterocycles. The fraction of sp³-hybridized carbons (Fsp3) is 0.250. The predicted molar refractivity (Wildman–Crippen MR) is 70.0 cm³/mol. The number of carbonyl (C=O) groups is 1. The van der Waals surface area contributed by atoms with E-state index in [0.717, 1.165) is 0 Å². The summed E-state index contributed by atoms with van der Waals surface area (Å²) in [7, 11) is 0. The van der Waals surface area contributed by atoms with E-state index < -0.39 is 0 Å². The maximum atomic E-state index is 12.1. The van der Waals surface area contributed by atoms with Gasteiger partial charge in [0.15, 0.2) is 5.82 Å². The largest absolute Gasteiger partial charge is 0.341 e. The molecule has 8 heteroatoms. The zero-order valence-electron chi connectivity index (χ0n) is 11.0. The molecule has 0 fully saturated rings. The van der Waals surface area contributed by atoms with Crippen molar-refractivity contribution in [3.8, 4) is 0 Å². The maximum Gasteiger partial charge on any atom is 0.272 e. The van der Waals surface area contributed by atoms with Crippen LogP contribution in [0.5, 0.6) is 0 Å². The Hall–Kier alpha value is -2.77. The highest BCUT2D eigenvalue weighted by Gasteiger charge is 2.17. The first kappa shape index (κ1) is 12.3. The van der Waals surface area contributed by atoms with Crippen LogP contribution in [0.1, 0.15) is 35.1 Å². The first-order valence-corrected chi connectivity index (χ1v) is 6.13. The van der Waals surface area contributed by atoms with E-state index in [1.807, 2.05) is 6.92 Å². The van der Waals surface area contributed by atoms with Gasteiger partial charge in [-0.1, -0.05) is 0 Å². The minimum atomic E-state index is -0.301. The van der Waals surface area contributed by atoms with Crippen molar-refractivity contribution in [2.45, 2.75) is 19.9 Å². The van der Waals surface area contributed by atoms with E-state index in [9.17, 15) is 4.79 Å². The van der Waals surface area contributed by atoms with E-state index in [0.29, 0.717) is 23.1 Å². The summed E-state index contributed by atoms with van der Waals surface area (Å²) in [5.74, 6) is 1.44. The molecular weight excluding hydrogens is 258 g/mol. The molecule has 3 aromatic rings. The molecule has 0 unspecified atom stereocenters. The molecule has 0 aliphatic heterocycles. The van der Waals surface area contributed by atoms with Gasteiger partial charge in [0.05, 0.1) is 6.04 Å². The fourth-order valence-electron chi connectivity index (χ4n) is 1.83. The highest BCUT2D eigenvalue weighted by molar-refractivity contribution is 5.92. The monoisotopic (exact) mass is 271 g/mol. The molecule has 0 spiro atoms. The smallest absolute Gasteiger partial charge is 0.272 e. The normalized spacial score (nSPS) is 12.5. The van der Waals surface area contributed by atoms with Crippen LogP contribution in [-0.2, 0) is 0 Å². The van der Waals surface area contributed by atoms with Gasteiger partial charge in [-0.3, -0.25) is 14.3 Å². The average Bonchev–Trinajstić information content (AvgIpc) is 3.04. The highest BCUT2D eigenvalue weighted by Crippen LogP contribution is 2.08. The number of aromatic amines is 1. The van der Waals surface area contributed by atoms with Gasteiger partial charge < -0.3 is 5.32 Å². The lowest BCUT2D eigenvalue weighted by molar-refractivity contribution is 0.0934. The van der Waals surface area contributed by atoms with Gasteiger partial charge in [-0.05, 0) is 19.9 Å². The van der Waals surface area contributed by atoms with E-state index in [-0.39, 0.29) is 11.9 Å². The number of fused-ring (bicyclic) bond motifs is 1. The molecule has 0 aliphatic rings. The molecule has 20 heavy (non-hydrogen) atoms. The number of imidazole rings is 1. The molecule has 0 aromatic carbocycles. The van der Waals surface area contributed by atoms with Crippen LogP contribution >= 0.6 is 0 Å². The van der Waals surface area contributed by atoms with Crippen molar-refractivity contribution in [1.29, 1.82) is 0 Å². The van der Waals surface area contributed by atoms with Crippen LogP contribution in [0.4, 0.5) is 0 Å². The summed E-state index contributed by atoms with van der Waals surface area (Å²) in [6.07, 6.45) is 5.05. The molecule has 1 atom stereocenters. The minimum absolute atomic E-state index is 0.287. The second kappa shape index (κ2) is 4.72. The topological polar surface area (TPSA) is 101 Å². The summed E-state index contributed by atoms with van der Waals surface area (Å²) in [6.45, 7) is 3.62. The van der Waals surface area contributed by atoms with Crippen LogP contribution in [0.3, 0.4) is 0 Å². The third-order valence-corrected chi connectivity index (χ3v) is 2.82. The number of hydrogen-bond donors (Lipinski definition) is 2. The van der Waals surface area contributed by atoms with E-state index in [1.165, 1.54) is 0 Å². The van der Waals surface area contributed by atoms with Gasteiger partial charge in [0.25, 0.3) is 5.91 Å². The zero-order chi connectivity index (χ0) is 14.1. The van der Waals surface area contributed by atoms with E-state index in [4.69, 9.17) is 0 Å². The number of aryl methyl sites for hydroxylation is 1. The summed E-state index contributed by atoms with van der Waals surface area (Å²) in [6, 6.07) is 1.47.